The average molecular weight is 335 g/mol. The van der Waals surface area contributed by atoms with Gasteiger partial charge in [-0.05, 0) is 35.7 Å². The Kier molecular flexibility index (Phi) is 3.96. The highest BCUT2D eigenvalue weighted by Crippen LogP contribution is 2.41. The SMILES string of the molecule is OC(Cc1cccc(Br)c1)C1CSc2ccccc21. The topological polar surface area (TPSA) is 20.2 Å². The molecule has 2 aromatic carbocycles. The van der Waals surface area contributed by atoms with Gasteiger partial charge < -0.3 is 5.11 Å². The zero-order valence-corrected chi connectivity index (χ0v) is 12.8. The van der Waals surface area contributed by atoms with Gasteiger partial charge in [-0.25, -0.2) is 0 Å². The van der Waals surface area contributed by atoms with Crippen LogP contribution in [0.3, 0.4) is 0 Å². The number of fused-ring (bicyclic) bond motifs is 1. The standard InChI is InChI=1S/C16H15BrOS/c17-12-5-3-4-11(8-12)9-15(18)14-10-19-16-7-2-1-6-13(14)16/h1-8,14-15,18H,9-10H2. The van der Waals surface area contributed by atoms with Crippen LogP contribution < -0.4 is 0 Å². The van der Waals surface area contributed by atoms with Gasteiger partial charge in [0.15, 0.2) is 0 Å². The largest absolute Gasteiger partial charge is 0.392 e. The Balaban J connectivity index is 1.77. The zero-order valence-electron chi connectivity index (χ0n) is 10.4. The predicted octanol–water partition coefficient (Wildman–Crippen LogP) is 4.24. The van der Waals surface area contributed by atoms with Crippen molar-refractivity contribution in [1.82, 2.24) is 0 Å². The van der Waals surface area contributed by atoms with Crippen molar-refractivity contribution in [3.8, 4) is 0 Å². The summed E-state index contributed by atoms with van der Waals surface area (Å²) in [6, 6.07) is 16.6. The maximum atomic E-state index is 10.5. The van der Waals surface area contributed by atoms with Gasteiger partial charge in [0.05, 0.1) is 6.10 Å². The van der Waals surface area contributed by atoms with E-state index < -0.39 is 0 Å². The Labute approximate surface area is 126 Å². The molecule has 3 heteroatoms. The van der Waals surface area contributed by atoms with Crippen LogP contribution in [0, 0.1) is 0 Å². The Bertz CT molecular complexity index is 584. The minimum absolute atomic E-state index is 0.250. The van der Waals surface area contributed by atoms with E-state index in [2.05, 4.69) is 52.3 Å². The molecule has 1 heterocycles. The van der Waals surface area contributed by atoms with Crippen LogP contribution in [0.1, 0.15) is 17.0 Å². The van der Waals surface area contributed by atoms with Crippen molar-refractivity contribution in [2.45, 2.75) is 23.3 Å². The predicted molar refractivity (Wildman–Crippen MR) is 83.8 cm³/mol. The Morgan fingerprint density at radius 3 is 2.89 bits per heavy atom. The molecule has 0 aliphatic carbocycles. The van der Waals surface area contributed by atoms with E-state index in [0.717, 1.165) is 10.2 Å². The van der Waals surface area contributed by atoms with Gasteiger partial charge in [0.1, 0.15) is 0 Å². The average Bonchev–Trinajstić information content (AvgIpc) is 2.82. The van der Waals surface area contributed by atoms with Crippen molar-refractivity contribution in [2.24, 2.45) is 0 Å². The van der Waals surface area contributed by atoms with Gasteiger partial charge in [0.2, 0.25) is 0 Å². The van der Waals surface area contributed by atoms with Crippen LogP contribution in [0.2, 0.25) is 0 Å². The summed E-state index contributed by atoms with van der Waals surface area (Å²) in [6.07, 6.45) is 0.393. The van der Waals surface area contributed by atoms with Gasteiger partial charge in [0, 0.05) is 21.0 Å². The molecule has 2 aromatic rings. The maximum Gasteiger partial charge on any atom is 0.0657 e. The minimum atomic E-state index is -0.314. The second kappa shape index (κ2) is 5.70. The third-order valence-electron chi connectivity index (χ3n) is 3.54. The fraction of sp³-hybridized carbons (Fsp3) is 0.250. The molecule has 0 amide bonds. The van der Waals surface area contributed by atoms with Gasteiger partial charge in [-0.1, -0.05) is 46.3 Å². The van der Waals surface area contributed by atoms with Gasteiger partial charge >= 0.3 is 0 Å². The molecule has 0 radical (unpaired) electrons. The van der Waals surface area contributed by atoms with E-state index in [1.807, 2.05) is 23.9 Å². The fourth-order valence-corrected chi connectivity index (χ4v) is 4.32. The molecule has 2 atom stereocenters. The summed E-state index contributed by atoms with van der Waals surface area (Å²) in [4.78, 5) is 1.32. The summed E-state index contributed by atoms with van der Waals surface area (Å²) in [6.45, 7) is 0. The van der Waals surface area contributed by atoms with Crippen LogP contribution >= 0.6 is 27.7 Å². The number of halogens is 1. The second-order valence-corrected chi connectivity index (χ2v) is 6.83. The first-order valence-electron chi connectivity index (χ1n) is 6.38. The third kappa shape index (κ3) is 2.88. The van der Waals surface area contributed by atoms with Gasteiger partial charge in [-0.2, -0.15) is 0 Å². The smallest absolute Gasteiger partial charge is 0.0657 e. The monoisotopic (exact) mass is 334 g/mol. The first-order chi connectivity index (χ1) is 9.24. The summed E-state index contributed by atoms with van der Waals surface area (Å²) >= 11 is 5.32. The molecule has 0 saturated heterocycles. The lowest BCUT2D eigenvalue weighted by Gasteiger charge is -2.18. The molecule has 0 fully saturated rings. The third-order valence-corrected chi connectivity index (χ3v) is 5.24. The van der Waals surface area contributed by atoms with E-state index in [1.54, 1.807) is 0 Å². The molecule has 1 N–H and O–H groups in total. The highest BCUT2D eigenvalue weighted by atomic mass is 79.9. The zero-order chi connectivity index (χ0) is 13.2. The Morgan fingerprint density at radius 2 is 2.05 bits per heavy atom. The van der Waals surface area contributed by atoms with E-state index in [9.17, 15) is 5.11 Å². The van der Waals surface area contributed by atoms with Gasteiger partial charge in [-0.3, -0.25) is 0 Å². The van der Waals surface area contributed by atoms with Crippen molar-refractivity contribution in [1.29, 1.82) is 0 Å². The molecular formula is C16H15BrOS. The molecule has 0 bridgehead atoms. The first kappa shape index (κ1) is 13.2. The Hall–Kier alpha value is -0.770. The number of benzene rings is 2. The number of hydrogen-bond acceptors (Lipinski definition) is 2. The maximum absolute atomic E-state index is 10.5. The highest BCUT2D eigenvalue weighted by Gasteiger charge is 2.28. The summed E-state index contributed by atoms with van der Waals surface area (Å²) < 4.78 is 1.07. The van der Waals surface area contributed by atoms with E-state index in [0.29, 0.717) is 6.42 Å². The molecule has 0 saturated carbocycles. The van der Waals surface area contributed by atoms with Crippen molar-refractivity contribution in [3.05, 3.63) is 64.1 Å². The molecule has 1 nitrogen and oxygen atoms in total. The van der Waals surface area contributed by atoms with Crippen molar-refractivity contribution >= 4 is 27.7 Å². The van der Waals surface area contributed by atoms with Gasteiger partial charge in [0.25, 0.3) is 0 Å². The summed E-state index contributed by atoms with van der Waals surface area (Å²) in [7, 11) is 0. The number of aliphatic hydroxyl groups is 1. The van der Waals surface area contributed by atoms with Crippen LogP contribution in [0.15, 0.2) is 57.9 Å². The number of aliphatic hydroxyl groups excluding tert-OH is 1. The van der Waals surface area contributed by atoms with Crippen molar-refractivity contribution in [3.63, 3.8) is 0 Å². The number of rotatable bonds is 3. The summed E-state index contributed by atoms with van der Waals surface area (Å²) in [5.41, 5.74) is 2.48. The van der Waals surface area contributed by atoms with Crippen LogP contribution in [0.25, 0.3) is 0 Å². The molecular weight excluding hydrogens is 320 g/mol. The molecule has 98 valence electrons. The van der Waals surface area contributed by atoms with E-state index in [4.69, 9.17) is 0 Å². The molecule has 2 unspecified atom stereocenters. The van der Waals surface area contributed by atoms with Crippen molar-refractivity contribution in [2.75, 3.05) is 5.75 Å². The normalized spacial score (nSPS) is 19.2. The lowest BCUT2D eigenvalue weighted by molar-refractivity contribution is 0.151. The lowest BCUT2D eigenvalue weighted by Crippen LogP contribution is -2.21. The minimum Gasteiger partial charge on any atom is -0.392 e. The van der Waals surface area contributed by atoms with Crippen LogP contribution in [-0.4, -0.2) is 17.0 Å². The van der Waals surface area contributed by atoms with Gasteiger partial charge in [-0.15, -0.1) is 11.8 Å². The fourth-order valence-electron chi connectivity index (χ4n) is 2.55. The first-order valence-corrected chi connectivity index (χ1v) is 8.16. The lowest BCUT2D eigenvalue weighted by atomic mass is 9.91. The van der Waals surface area contributed by atoms with E-state index in [-0.39, 0.29) is 12.0 Å². The second-order valence-electron chi connectivity index (χ2n) is 4.86. The molecule has 1 aliphatic heterocycles. The van der Waals surface area contributed by atoms with E-state index in [1.165, 1.54) is 16.0 Å². The van der Waals surface area contributed by atoms with Crippen LogP contribution in [-0.2, 0) is 6.42 Å². The quantitative estimate of drug-likeness (QED) is 0.905. The number of thioether (sulfide) groups is 1. The van der Waals surface area contributed by atoms with Crippen molar-refractivity contribution < 1.29 is 5.11 Å². The Morgan fingerprint density at radius 1 is 1.21 bits per heavy atom. The molecule has 0 spiro atoms. The molecule has 19 heavy (non-hydrogen) atoms. The molecule has 1 aliphatic rings. The van der Waals surface area contributed by atoms with Crippen LogP contribution in [0.4, 0.5) is 0 Å². The summed E-state index contributed by atoms with van der Waals surface area (Å²) in [5.74, 6) is 1.23. The number of hydrogen-bond donors (Lipinski definition) is 1. The highest BCUT2D eigenvalue weighted by molar-refractivity contribution is 9.10. The summed E-state index contributed by atoms with van der Waals surface area (Å²) in [5, 5.41) is 10.5. The molecule has 0 aromatic heterocycles. The van der Waals surface area contributed by atoms with Crippen LogP contribution in [0.5, 0.6) is 0 Å². The molecule has 3 rings (SSSR count). The van der Waals surface area contributed by atoms with E-state index >= 15 is 0 Å².